The minimum absolute atomic E-state index is 0.0353. The van der Waals surface area contributed by atoms with E-state index in [1.54, 1.807) is 6.07 Å². The fourth-order valence-electron chi connectivity index (χ4n) is 2.31. The van der Waals surface area contributed by atoms with Crippen LogP contribution in [0.5, 0.6) is 0 Å². The second kappa shape index (κ2) is 7.53. The molecule has 6 heteroatoms. The maximum Gasteiger partial charge on any atom is 0.258 e. The molecule has 3 aromatic rings. The summed E-state index contributed by atoms with van der Waals surface area (Å²) in [5, 5.41) is 5.78. The van der Waals surface area contributed by atoms with E-state index in [2.05, 4.69) is 20.6 Å². The third kappa shape index (κ3) is 4.38. The van der Waals surface area contributed by atoms with Crippen molar-refractivity contribution < 1.29 is 9.18 Å². The van der Waals surface area contributed by atoms with Crippen molar-refractivity contribution in [2.45, 2.75) is 13.0 Å². The van der Waals surface area contributed by atoms with E-state index in [9.17, 15) is 9.18 Å². The first kappa shape index (κ1) is 16.6. The van der Waals surface area contributed by atoms with Crippen LogP contribution in [0, 0.1) is 5.82 Å². The lowest BCUT2D eigenvalue weighted by atomic mass is 10.1. The number of rotatable bonds is 5. The smallest absolute Gasteiger partial charge is 0.258 e. The van der Waals surface area contributed by atoms with Gasteiger partial charge in [0.25, 0.3) is 5.91 Å². The molecule has 0 radical (unpaired) electrons. The Kier molecular flexibility index (Phi) is 4.99. The summed E-state index contributed by atoms with van der Waals surface area (Å²) in [6, 6.07) is 15.6. The lowest BCUT2D eigenvalue weighted by Crippen LogP contribution is -2.14. The van der Waals surface area contributed by atoms with Gasteiger partial charge in [-0.05, 0) is 30.7 Å². The first-order valence-corrected chi connectivity index (χ1v) is 7.82. The van der Waals surface area contributed by atoms with Gasteiger partial charge in [-0.2, -0.15) is 0 Å². The Morgan fingerprint density at radius 1 is 1.04 bits per heavy atom. The van der Waals surface area contributed by atoms with Gasteiger partial charge in [-0.25, -0.2) is 14.4 Å². The highest BCUT2D eigenvalue weighted by Gasteiger charge is 2.10. The Bertz CT molecular complexity index is 853. The summed E-state index contributed by atoms with van der Waals surface area (Å²) in [7, 11) is 0. The first-order chi connectivity index (χ1) is 12.1. The van der Waals surface area contributed by atoms with Crippen LogP contribution in [0.1, 0.15) is 28.9 Å². The molecule has 126 valence electrons. The van der Waals surface area contributed by atoms with Crippen molar-refractivity contribution in [2.24, 2.45) is 0 Å². The highest BCUT2D eigenvalue weighted by atomic mass is 19.1. The molecule has 25 heavy (non-hydrogen) atoms. The van der Waals surface area contributed by atoms with E-state index in [4.69, 9.17) is 0 Å². The van der Waals surface area contributed by atoms with E-state index >= 15 is 0 Å². The second-order valence-electron chi connectivity index (χ2n) is 5.54. The van der Waals surface area contributed by atoms with Gasteiger partial charge < -0.3 is 10.6 Å². The van der Waals surface area contributed by atoms with Gasteiger partial charge in [-0.1, -0.05) is 36.4 Å². The van der Waals surface area contributed by atoms with Gasteiger partial charge in [-0.3, -0.25) is 4.79 Å². The van der Waals surface area contributed by atoms with Gasteiger partial charge in [0.1, 0.15) is 5.82 Å². The van der Waals surface area contributed by atoms with Crippen LogP contribution in [0.3, 0.4) is 0 Å². The van der Waals surface area contributed by atoms with E-state index in [0.717, 1.165) is 5.56 Å². The summed E-state index contributed by atoms with van der Waals surface area (Å²) in [6.07, 6.45) is 2.86. The number of aromatic nitrogens is 2. The summed E-state index contributed by atoms with van der Waals surface area (Å²) < 4.78 is 13.2. The molecule has 1 unspecified atom stereocenters. The Hall–Kier alpha value is -3.28. The fraction of sp³-hybridized carbons (Fsp3) is 0.105. The second-order valence-corrected chi connectivity index (χ2v) is 5.54. The molecule has 0 saturated carbocycles. The predicted molar refractivity (Wildman–Crippen MR) is 94.9 cm³/mol. The predicted octanol–water partition coefficient (Wildman–Crippen LogP) is 4.04. The van der Waals surface area contributed by atoms with Crippen LogP contribution < -0.4 is 10.6 Å². The number of hydrogen-bond donors (Lipinski definition) is 2. The summed E-state index contributed by atoms with van der Waals surface area (Å²) in [5.41, 5.74) is 1.78. The standard InChI is InChI=1S/C19H17FN4O/c1-13(14-6-3-2-4-7-14)23-19-21-11-15(12-22-19)18(25)24-17-9-5-8-16(20)10-17/h2-13H,1H3,(H,24,25)(H,21,22,23). The van der Waals surface area contributed by atoms with Gasteiger partial charge in [-0.15, -0.1) is 0 Å². The third-order valence-electron chi connectivity index (χ3n) is 3.64. The van der Waals surface area contributed by atoms with Gasteiger partial charge in [0.2, 0.25) is 5.95 Å². The number of hydrogen-bond acceptors (Lipinski definition) is 4. The molecule has 0 spiro atoms. The topological polar surface area (TPSA) is 66.9 Å². The van der Waals surface area contributed by atoms with E-state index in [-0.39, 0.29) is 6.04 Å². The van der Waals surface area contributed by atoms with Gasteiger partial charge in [0, 0.05) is 18.1 Å². The van der Waals surface area contributed by atoms with Crippen LogP contribution in [0.25, 0.3) is 0 Å². The average Bonchev–Trinajstić information content (AvgIpc) is 2.63. The number of halogens is 1. The van der Waals surface area contributed by atoms with E-state index in [1.165, 1.54) is 30.6 Å². The quantitative estimate of drug-likeness (QED) is 0.738. The van der Waals surface area contributed by atoms with Gasteiger partial charge >= 0.3 is 0 Å². The molecule has 0 fully saturated rings. The van der Waals surface area contributed by atoms with E-state index in [0.29, 0.717) is 17.2 Å². The van der Waals surface area contributed by atoms with Crippen LogP contribution in [0.15, 0.2) is 67.0 Å². The molecule has 0 aliphatic heterocycles. The number of anilines is 2. The molecule has 1 aromatic heterocycles. The van der Waals surface area contributed by atoms with Crippen LogP contribution in [-0.2, 0) is 0 Å². The molecule has 1 amide bonds. The van der Waals surface area contributed by atoms with Crippen molar-refractivity contribution in [1.29, 1.82) is 0 Å². The third-order valence-corrected chi connectivity index (χ3v) is 3.64. The molecular weight excluding hydrogens is 319 g/mol. The summed E-state index contributed by atoms with van der Waals surface area (Å²) >= 11 is 0. The number of benzene rings is 2. The molecule has 0 saturated heterocycles. The molecule has 2 N–H and O–H groups in total. The maximum absolute atomic E-state index is 13.2. The fourth-order valence-corrected chi connectivity index (χ4v) is 2.31. The Balaban J connectivity index is 1.64. The largest absolute Gasteiger partial charge is 0.348 e. The summed E-state index contributed by atoms with van der Waals surface area (Å²) in [5.74, 6) is -0.379. The number of carbonyl (C=O) groups is 1. The zero-order chi connectivity index (χ0) is 17.6. The minimum atomic E-state index is -0.413. The van der Waals surface area contributed by atoms with Crippen LogP contribution in [0.4, 0.5) is 16.0 Å². The van der Waals surface area contributed by atoms with Gasteiger partial charge in [0.15, 0.2) is 0 Å². The van der Waals surface area contributed by atoms with Gasteiger partial charge in [0.05, 0.1) is 11.6 Å². The van der Waals surface area contributed by atoms with E-state index in [1.807, 2.05) is 37.3 Å². The Labute approximate surface area is 145 Å². The molecule has 3 rings (SSSR count). The summed E-state index contributed by atoms with van der Waals surface area (Å²) in [4.78, 5) is 20.5. The number of nitrogens with one attached hydrogen (secondary N) is 2. The first-order valence-electron chi connectivity index (χ1n) is 7.82. The number of carbonyl (C=O) groups excluding carboxylic acids is 1. The molecule has 5 nitrogen and oxygen atoms in total. The lowest BCUT2D eigenvalue weighted by molar-refractivity contribution is 0.102. The van der Waals surface area contributed by atoms with Crippen molar-refractivity contribution in [3.63, 3.8) is 0 Å². The summed E-state index contributed by atoms with van der Waals surface area (Å²) in [6.45, 7) is 2.00. The highest BCUT2D eigenvalue weighted by Crippen LogP contribution is 2.16. The maximum atomic E-state index is 13.2. The van der Waals surface area contributed by atoms with Crippen molar-refractivity contribution in [3.8, 4) is 0 Å². The van der Waals surface area contributed by atoms with Crippen LogP contribution >= 0.6 is 0 Å². The molecular formula is C19H17FN4O. The van der Waals surface area contributed by atoms with Crippen LogP contribution in [0.2, 0.25) is 0 Å². The zero-order valence-corrected chi connectivity index (χ0v) is 13.6. The monoisotopic (exact) mass is 336 g/mol. The molecule has 2 aromatic carbocycles. The Morgan fingerprint density at radius 2 is 1.76 bits per heavy atom. The molecule has 0 bridgehead atoms. The molecule has 1 atom stereocenters. The lowest BCUT2D eigenvalue weighted by Gasteiger charge is -2.14. The minimum Gasteiger partial charge on any atom is -0.348 e. The Morgan fingerprint density at radius 3 is 2.44 bits per heavy atom. The zero-order valence-electron chi connectivity index (χ0n) is 13.6. The van der Waals surface area contributed by atoms with Crippen molar-refractivity contribution in [1.82, 2.24) is 9.97 Å². The average molecular weight is 336 g/mol. The van der Waals surface area contributed by atoms with Crippen molar-refractivity contribution in [2.75, 3.05) is 10.6 Å². The number of amides is 1. The van der Waals surface area contributed by atoms with Crippen LogP contribution in [-0.4, -0.2) is 15.9 Å². The normalized spacial score (nSPS) is 11.6. The molecule has 0 aliphatic rings. The highest BCUT2D eigenvalue weighted by molar-refractivity contribution is 6.03. The van der Waals surface area contributed by atoms with Crippen molar-refractivity contribution >= 4 is 17.5 Å². The number of nitrogens with zero attached hydrogens (tertiary/aromatic N) is 2. The molecule has 1 heterocycles. The van der Waals surface area contributed by atoms with E-state index < -0.39 is 11.7 Å². The van der Waals surface area contributed by atoms with Crippen molar-refractivity contribution in [3.05, 3.63) is 83.9 Å². The molecule has 0 aliphatic carbocycles. The SMILES string of the molecule is CC(Nc1ncc(C(=O)Nc2cccc(F)c2)cn1)c1ccccc1.